The summed E-state index contributed by atoms with van der Waals surface area (Å²) in [5.41, 5.74) is 2.47. The first-order valence-electron chi connectivity index (χ1n) is 4.78. The number of hydrazine groups is 1. The van der Waals surface area contributed by atoms with Crippen molar-refractivity contribution < 1.29 is 17.7 Å². The first-order chi connectivity index (χ1) is 8.84. The van der Waals surface area contributed by atoms with Crippen molar-refractivity contribution in [2.24, 2.45) is 5.10 Å². The number of nitrogens with zero attached hydrogens (tertiary/aromatic N) is 2. The van der Waals surface area contributed by atoms with E-state index in [1.54, 1.807) is 0 Å². The second-order valence-electron chi connectivity index (χ2n) is 3.35. The number of halogens is 2. The second-order valence-corrected chi connectivity index (χ2v) is 5.50. The highest BCUT2D eigenvalue weighted by molar-refractivity contribution is 7.85. The van der Waals surface area contributed by atoms with E-state index in [0.29, 0.717) is 5.75 Å². The third-order valence-corrected chi connectivity index (χ3v) is 3.20. The average Bonchev–Trinajstić information content (AvgIpc) is 2.26. The largest absolute Gasteiger partial charge is 0.437 e. The van der Waals surface area contributed by atoms with Crippen LogP contribution in [0.4, 0.5) is 0 Å². The monoisotopic (exact) mass is 323 g/mol. The third-order valence-electron chi connectivity index (χ3n) is 1.98. The summed E-state index contributed by atoms with van der Waals surface area (Å²) in [5.74, 6) is 0.414. The number of ether oxygens (including phenoxy) is 1. The Bertz CT molecular complexity index is 642. The van der Waals surface area contributed by atoms with Gasteiger partial charge in [-0.3, -0.25) is 9.98 Å². The molecule has 1 aromatic rings. The fourth-order valence-electron chi connectivity index (χ4n) is 1.22. The van der Waals surface area contributed by atoms with E-state index in [9.17, 15) is 8.42 Å². The van der Waals surface area contributed by atoms with Crippen molar-refractivity contribution in [1.82, 2.24) is 10.1 Å². The van der Waals surface area contributed by atoms with E-state index < -0.39 is 10.1 Å². The molecule has 7 nitrogen and oxygen atoms in total. The number of rotatable bonds is 2. The fraction of sp³-hybridized carbons (Fsp3) is 0. The Morgan fingerprint density at radius 1 is 1.32 bits per heavy atom. The van der Waals surface area contributed by atoms with E-state index in [2.05, 4.69) is 10.5 Å². The molecule has 1 aliphatic heterocycles. The molecule has 0 unspecified atom stereocenters. The van der Waals surface area contributed by atoms with Crippen molar-refractivity contribution in [1.29, 1.82) is 0 Å². The van der Waals surface area contributed by atoms with Gasteiger partial charge in [-0.1, -0.05) is 11.6 Å². The van der Waals surface area contributed by atoms with Crippen molar-refractivity contribution in [3.05, 3.63) is 35.5 Å². The Morgan fingerprint density at radius 3 is 2.47 bits per heavy atom. The molecule has 0 radical (unpaired) electrons. The standard InChI is InChI=1S/C9H7Cl2N3O4S/c10-8-5-9(13-14(11)12-8)18-6-1-3-7(4-2-6)19(15,16)17/h1-5,12H,(H,15,16,17). The molecule has 2 N–H and O–H groups in total. The number of nitrogens with one attached hydrogen (secondary N) is 1. The molecule has 19 heavy (non-hydrogen) atoms. The Hall–Kier alpha value is -1.48. The van der Waals surface area contributed by atoms with E-state index in [1.807, 2.05) is 0 Å². The summed E-state index contributed by atoms with van der Waals surface area (Å²) >= 11 is 11.3. The van der Waals surface area contributed by atoms with Crippen molar-refractivity contribution >= 4 is 39.4 Å². The number of hydrogen-bond acceptors (Lipinski definition) is 6. The summed E-state index contributed by atoms with van der Waals surface area (Å²) in [4.78, 5) is -0.236. The molecule has 0 saturated heterocycles. The van der Waals surface area contributed by atoms with Crippen LogP contribution in [0.15, 0.2) is 45.5 Å². The van der Waals surface area contributed by atoms with E-state index in [-0.39, 0.29) is 15.9 Å². The fourth-order valence-corrected chi connectivity index (χ4v) is 2.08. The topological polar surface area (TPSA) is 91.2 Å². The van der Waals surface area contributed by atoms with Crippen LogP contribution in [0.3, 0.4) is 0 Å². The van der Waals surface area contributed by atoms with Gasteiger partial charge in [-0.25, -0.2) is 0 Å². The molecule has 2 rings (SSSR count). The predicted octanol–water partition coefficient (Wildman–Crippen LogP) is 1.68. The SMILES string of the molecule is O=S(=O)(O)c1ccc(OC2=NN(Cl)NC(Cl)=C2)cc1. The van der Waals surface area contributed by atoms with Crippen LogP contribution < -0.4 is 10.2 Å². The van der Waals surface area contributed by atoms with E-state index in [0.717, 1.165) is 4.64 Å². The smallest absolute Gasteiger partial charge is 0.294 e. The van der Waals surface area contributed by atoms with Crippen LogP contribution in [-0.2, 0) is 10.1 Å². The van der Waals surface area contributed by atoms with Gasteiger partial charge < -0.3 is 4.74 Å². The van der Waals surface area contributed by atoms with Gasteiger partial charge in [0.25, 0.3) is 10.1 Å². The van der Waals surface area contributed by atoms with Gasteiger partial charge in [-0.15, -0.1) is 9.74 Å². The first kappa shape index (κ1) is 13.9. The normalized spacial score (nSPS) is 15.4. The zero-order valence-corrected chi connectivity index (χ0v) is 11.4. The quantitative estimate of drug-likeness (QED) is 0.489. The van der Waals surface area contributed by atoms with Gasteiger partial charge in [0.15, 0.2) is 0 Å². The minimum atomic E-state index is -4.23. The molecule has 102 valence electrons. The molecular weight excluding hydrogens is 317 g/mol. The van der Waals surface area contributed by atoms with Gasteiger partial charge in [-0.05, 0) is 24.3 Å². The van der Waals surface area contributed by atoms with Crippen LogP contribution in [-0.4, -0.2) is 23.5 Å². The minimum absolute atomic E-state index is 0.110. The number of hydrogen-bond donors (Lipinski definition) is 2. The molecule has 0 aliphatic carbocycles. The lowest BCUT2D eigenvalue weighted by molar-refractivity contribution is 0.384. The van der Waals surface area contributed by atoms with Gasteiger partial charge in [0.1, 0.15) is 10.9 Å². The molecular formula is C9H7Cl2N3O4S. The van der Waals surface area contributed by atoms with Crippen LogP contribution >= 0.6 is 23.4 Å². The van der Waals surface area contributed by atoms with Crippen LogP contribution in [0, 0.1) is 0 Å². The highest BCUT2D eigenvalue weighted by atomic mass is 35.5. The maximum atomic E-state index is 10.9. The molecule has 0 spiro atoms. The molecule has 0 saturated carbocycles. The number of hydrazone groups is 1. The molecule has 0 atom stereocenters. The van der Waals surface area contributed by atoms with Crippen molar-refractivity contribution in [3.8, 4) is 5.75 Å². The van der Waals surface area contributed by atoms with Crippen LogP contribution in [0.2, 0.25) is 0 Å². The molecule has 0 amide bonds. The van der Waals surface area contributed by atoms with Gasteiger partial charge in [0.2, 0.25) is 5.90 Å². The van der Waals surface area contributed by atoms with Gasteiger partial charge >= 0.3 is 0 Å². The zero-order valence-electron chi connectivity index (χ0n) is 9.12. The molecule has 1 aliphatic rings. The molecule has 0 fully saturated rings. The van der Waals surface area contributed by atoms with Crippen molar-refractivity contribution in [2.45, 2.75) is 4.90 Å². The Kier molecular flexibility index (Phi) is 3.85. The lowest BCUT2D eigenvalue weighted by Gasteiger charge is -2.17. The van der Waals surface area contributed by atoms with Crippen LogP contribution in [0.25, 0.3) is 0 Å². The van der Waals surface area contributed by atoms with Gasteiger partial charge in [0.05, 0.1) is 16.7 Å². The molecule has 0 bridgehead atoms. The van der Waals surface area contributed by atoms with Crippen molar-refractivity contribution in [3.63, 3.8) is 0 Å². The van der Waals surface area contributed by atoms with Gasteiger partial charge in [-0.2, -0.15) is 8.42 Å². The predicted molar refractivity (Wildman–Crippen MR) is 69.1 cm³/mol. The maximum Gasteiger partial charge on any atom is 0.294 e. The van der Waals surface area contributed by atoms with Crippen LogP contribution in [0.1, 0.15) is 0 Å². The highest BCUT2D eigenvalue weighted by Crippen LogP contribution is 2.17. The third kappa shape index (κ3) is 3.74. The van der Waals surface area contributed by atoms with E-state index in [1.165, 1.54) is 30.3 Å². The summed E-state index contributed by atoms with van der Waals surface area (Å²) in [6.07, 6.45) is 1.39. The minimum Gasteiger partial charge on any atom is -0.437 e. The van der Waals surface area contributed by atoms with Gasteiger partial charge in [0, 0.05) is 6.08 Å². The Morgan fingerprint density at radius 2 is 1.95 bits per heavy atom. The molecule has 10 heteroatoms. The average molecular weight is 324 g/mol. The highest BCUT2D eigenvalue weighted by Gasteiger charge is 2.13. The summed E-state index contributed by atoms with van der Waals surface area (Å²) in [6, 6.07) is 5.09. The molecule has 1 aromatic carbocycles. The lowest BCUT2D eigenvalue weighted by atomic mass is 10.3. The second kappa shape index (κ2) is 5.25. The molecule has 1 heterocycles. The summed E-state index contributed by atoms with van der Waals surface area (Å²) in [6.45, 7) is 0. The zero-order chi connectivity index (χ0) is 14.0. The first-order valence-corrected chi connectivity index (χ1v) is 6.94. The molecule has 0 aromatic heterocycles. The number of benzene rings is 1. The Balaban J connectivity index is 2.17. The summed E-state index contributed by atoms with van der Waals surface area (Å²) < 4.78 is 36.7. The lowest BCUT2D eigenvalue weighted by Crippen LogP contribution is -2.29. The van der Waals surface area contributed by atoms with E-state index in [4.69, 9.17) is 32.7 Å². The maximum absolute atomic E-state index is 10.9. The summed E-state index contributed by atoms with van der Waals surface area (Å²) in [5, 5.41) is 3.96. The van der Waals surface area contributed by atoms with E-state index >= 15 is 0 Å². The summed E-state index contributed by atoms with van der Waals surface area (Å²) in [7, 11) is -4.23. The van der Waals surface area contributed by atoms with Crippen LogP contribution in [0.5, 0.6) is 5.75 Å². The Labute approximate surface area is 118 Å². The van der Waals surface area contributed by atoms with Crippen molar-refractivity contribution in [2.75, 3.05) is 0 Å².